The molecule has 0 unspecified atom stereocenters. The van der Waals surface area contributed by atoms with Gasteiger partial charge in [0.1, 0.15) is 8.42 Å². The van der Waals surface area contributed by atoms with E-state index in [1.54, 1.807) is 6.92 Å². The topological polar surface area (TPSA) is 116 Å². The number of ether oxygens (including phenoxy) is 1. The number of hydrogen-bond acceptors (Lipinski definition) is 7. The standard InChI is InChI=1S/C13H22N2O5S3/c1-3-5-15-11-6-9(8-20-4-2)22(16,17)13-10(11)7-12(21-13)23(14,18)19/h7,9,11,15H,3-6,8H2,1-2H3,(H2,14,18,19)/t9-,11-/m0/s1. The van der Waals surface area contributed by atoms with E-state index in [0.29, 0.717) is 25.1 Å². The third-order valence-electron chi connectivity index (χ3n) is 3.70. The Morgan fingerprint density at radius 2 is 2.13 bits per heavy atom. The van der Waals surface area contributed by atoms with Gasteiger partial charge in [0.25, 0.3) is 0 Å². The quantitative estimate of drug-likeness (QED) is 0.727. The van der Waals surface area contributed by atoms with Gasteiger partial charge in [0.15, 0.2) is 9.84 Å². The number of hydrogen-bond donors (Lipinski definition) is 2. The Labute approximate surface area is 141 Å². The first kappa shape index (κ1) is 18.8. The number of thiophene rings is 1. The van der Waals surface area contributed by atoms with Gasteiger partial charge in [-0.1, -0.05) is 6.92 Å². The minimum atomic E-state index is -3.93. The maximum Gasteiger partial charge on any atom is 0.247 e. The molecule has 0 saturated carbocycles. The number of sulfonamides is 1. The van der Waals surface area contributed by atoms with E-state index in [4.69, 9.17) is 9.88 Å². The van der Waals surface area contributed by atoms with Crippen LogP contribution in [0.5, 0.6) is 0 Å². The molecule has 3 N–H and O–H groups in total. The molecule has 1 aromatic heterocycles. The molecule has 1 aromatic rings. The molecule has 0 spiro atoms. The molecule has 0 aliphatic carbocycles. The third-order valence-corrected chi connectivity index (χ3v) is 8.97. The highest BCUT2D eigenvalue weighted by Gasteiger charge is 2.41. The first-order valence-corrected chi connectivity index (χ1v) is 11.3. The lowest BCUT2D eigenvalue weighted by molar-refractivity contribution is 0.141. The minimum Gasteiger partial charge on any atom is -0.380 e. The van der Waals surface area contributed by atoms with Crippen molar-refractivity contribution in [2.24, 2.45) is 5.14 Å². The molecule has 132 valence electrons. The van der Waals surface area contributed by atoms with Crippen LogP contribution in [0.15, 0.2) is 14.5 Å². The Kier molecular flexibility index (Phi) is 5.85. The largest absolute Gasteiger partial charge is 0.380 e. The average molecular weight is 383 g/mol. The summed E-state index contributed by atoms with van der Waals surface area (Å²) in [5.74, 6) is 0. The molecular formula is C13H22N2O5S3. The summed E-state index contributed by atoms with van der Waals surface area (Å²) >= 11 is 0.727. The summed E-state index contributed by atoms with van der Waals surface area (Å²) in [7, 11) is -7.55. The van der Waals surface area contributed by atoms with Gasteiger partial charge in [-0.15, -0.1) is 11.3 Å². The van der Waals surface area contributed by atoms with Gasteiger partial charge in [-0.25, -0.2) is 22.0 Å². The Hall–Kier alpha value is -0.520. The first-order valence-electron chi connectivity index (χ1n) is 7.43. The maximum atomic E-state index is 12.7. The third kappa shape index (κ3) is 3.94. The van der Waals surface area contributed by atoms with E-state index in [1.165, 1.54) is 6.07 Å². The van der Waals surface area contributed by atoms with E-state index in [9.17, 15) is 16.8 Å². The van der Waals surface area contributed by atoms with Gasteiger partial charge in [0.2, 0.25) is 10.0 Å². The second-order valence-electron chi connectivity index (χ2n) is 5.42. The molecule has 2 rings (SSSR count). The molecule has 1 aliphatic rings. The zero-order chi connectivity index (χ0) is 17.3. The first-order chi connectivity index (χ1) is 10.7. The average Bonchev–Trinajstić information content (AvgIpc) is 2.92. The van der Waals surface area contributed by atoms with Crippen molar-refractivity contribution in [2.45, 2.75) is 46.4 Å². The van der Waals surface area contributed by atoms with Crippen LogP contribution in [0.3, 0.4) is 0 Å². The second kappa shape index (κ2) is 7.16. The summed E-state index contributed by atoms with van der Waals surface area (Å²) in [5, 5.41) is 7.76. The van der Waals surface area contributed by atoms with Gasteiger partial charge >= 0.3 is 0 Å². The van der Waals surface area contributed by atoms with Crippen molar-refractivity contribution in [3.63, 3.8) is 0 Å². The highest BCUT2D eigenvalue weighted by atomic mass is 32.3. The number of primary sulfonamides is 1. The summed E-state index contributed by atoms with van der Waals surface area (Å²) < 4.78 is 53.9. The Morgan fingerprint density at radius 3 is 2.70 bits per heavy atom. The number of rotatable bonds is 7. The second-order valence-corrected chi connectivity index (χ2v) is 10.7. The molecule has 0 aromatic carbocycles. The van der Waals surface area contributed by atoms with Gasteiger partial charge in [0, 0.05) is 18.2 Å². The van der Waals surface area contributed by atoms with E-state index in [1.807, 2.05) is 6.92 Å². The number of nitrogens with two attached hydrogens (primary N) is 1. The molecule has 0 bridgehead atoms. The summed E-state index contributed by atoms with van der Waals surface area (Å²) in [6.45, 7) is 5.06. The lowest BCUT2D eigenvalue weighted by atomic mass is 10.0. The van der Waals surface area contributed by atoms with Crippen LogP contribution < -0.4 is 10.5 Å². The molecule has 0 amide bonds. The lowest BCUT2D eigenvalue weighted by Crippen LogP contribution is -2.37. The van der Waals surface area contributed by atoms with E-state index in [0.717, 1.165) is 17.8 Å². The van der Waals surface area contributed by atoms with Crippen molar-refractivity contribution in [1.29, 1.82) is 0 Å². The predicted octanol–water partition coefficient (Wildman–Crippen LogP) is 1.02. The smallest absolute Gasteiger partial charge is 0.247 e. The van der Waals surface area contributed by atoms with Crippen molar-refractivity contribution < 1.29 is 21.6 Å². The van der Waals surface area contributed by atoms with Crippen molar-refractivity contribution >= 4 is 31.2 Å². The zero-order valence-corrected chi connectivity index (χ0v) is 15.6. The molecule has 1 aliphatic heterocycles. The minimum absolute atomic E-state index is 0.0890. The van der Waals surface area contributed by atoms with Crippen LogP contribution in [-0.4, -0.2) is 41.8 Å². The molecular weight excluding hydrogens is 360 g/mol. The summed E-state index contributed by atoms with van der Waals surface area (Å²) in [4.78, 5) is 0. The Balaban J connectivity index is 2.49. The van der Waals surface area contributed by atoms with E-state index < -0.39 is 25.1 Å². The Morgan fingerprint density at radius 1 is 1.43 bits per heavy atom. The van der Waals surface area contributed by atoms with Crippen molar-refractivity contribution in [2.75, 3.05) is 19.8 Å². The molecule has 2 atom stereocenters. The van der Waals surface area contributed by atoms with Crippen molar-refractivity contribution in [1.82, 2.24) is 5.32 Å². The molecule has 23 heavy (non-hydrogen) atoms. The summed E-state index contributed by atoms with van der Waals surface area (Å²) in [5.41, 5.74) is 0.500. The highest BCUT2D eigenvalue weighted by molar-refractivity contribution is 7.95. The van der Waals surface area contributed by atoms with Gasteiger partial charge < -0.3 is 10.1 Å². The van der Waals surface area contributed by atoms with Crippen molar-refractivity contribution in [3.05, 3.63) is 11.6 Å². The molecule has 10 heteroatoms. The summed E-state index contributed by atoms with van der Waals surface area (Å²) in [6.07, 6.45) is 1.25. The van der Waals surface area contributed by atoms with Crippen LogP contribution in [0.4, 0.5) is 0 Å². The zero-order valence-electron chi connectivity index (χ0n) is 13.1. The van der Waals surface area contributed by atoms with Gasteiger partial charge in [-0.3, -0.25) is 0 Å². The fourth-order valence-corrected chi connectivity index (χ4v) is 7.11. The molecule has 2 heterocycles. The predicted molar refractivity (Wildman–Crippen MR) is 88.8 cm³/mol. The Bertz CT molecular complexity index is 755. The van der Waals surface area contributed by atoms with Crippen LogP contribution >= 0.6 is 11.3 Å². The van der Waals surface area contributed by atoms with Crippen LogP contribution in [0, 0.1) is 0 Å². The lowest BCUT2D eigenvalue weighted by Gasteiger charge is -2.29. The van der Waals surface area contributed by atoms with Crippen LogP contribution in [0.25, 0.3) is 0 Å². The molecule has 7 nitrogen and oxygen atoms in total. The number of sulfone groups is 1. The normalized spacial score (nSPS) is 23.6. The van der Waals surface area contributed by atoms with Crippen LogP contribution in [-0.2, 0) is 24.6 Å². The van der Waals surface area contributed by atoms with Gasteiger partial charge in [-0.2, -0.15) is 0 Å². The van der Waals surface area contributed by atoms with Crippen LogP contribution in [0.2, 0.25) is 0 Å². The van der Waals surface area contributed by atoms with E-state index in [-0.39, 0.29) is 21.1 Å². The highest BCUT2D eigenvalue weighted by Crippen LogP contribution is 2.42. The van der Waals surface area contributed by atoms with Crippen molar-refractivity contribution in [3.8, 4) is 0 Å². The molecule has 0 fully saturated rings. The van der Waals surface area contributed by atoms with Gasteiger partial charge in [-0.05, 0) is 32.4 Å². The van der Waals surface area contributed by atoms with Crippen LogP contribution in [0.1, 0.15) is 38.3 Å². The van der Waals surface area contributed by atoms with E-state index in [2.05, 4.69) is 5.32 Å². The number of nitrogens with one attached hydrogen (secondary N) is 1. The fraction of sp³-hybridized carbons (Fsp3) is 0.692. The monoisotopic (exact) mass is 382 g/mol. The summed E-state index contributed by atoms with van der Waals surface area (Å²) in [6, 6.07) is 1.17. The molecule has 0 radical (unpaired) electrons. The van der Waals surface area contributed by atoms with E-state index >= 15 is 0 Å². The fourth-order valence-electron chi connectivity index (χ4n) is 2.56. The van der Waals surface area contributed by atoms with Gasteiger partial charge in [0.05, 0.1) is 11.9 Å². The maximum absolute atomic E-state index is 12.7. The number of fused-ring (bicyclic) bond motifs is 1. The SMILES string of the molecule is CCCN[C@H]1C[C@@H](COCC)S(=O)(=O)c2sc(S(N)(=O)=O)cc21. The molecule has 0 saturated heterocycles.